The Bertz CT molecular complexity index is 1020. The lowest BCUT2D eigenvalue weighted by Crippen LogP contribution is -2.11. The van der Waals surface area contributed by atoms with Crippen LogP contribution in [0.1, 0.15) is 22.8 Å². The number of amides is 1. The Kier molecular flexibility index (Phi) is 4.50. The summed E-state index contributed by atoms with van der Waals surface area (Å²) in [5, 5.41) is 3.93. The molecule has 0 spiro atoms. The number of benzene rings is 3. The van der Waals surface area contributed by atoms with E-state index in [4.69, 9.17) is 0 Å². The molecule has 3 aromatic carbocycles. The van der Waals surface area contributed by atoms with E-state index in [1.165, 1.54) is 10.3 Å². The van der Waals surface area contributed by atoms with Crippen molar-refractivity contribution in [1.82, 2.24) is 4.98 Å². The third kappa shape index (κ3) is 3.37. The van der Waals surface area contributed by atoms with Crippen molar-refractivity contribution in [1.29, 1.82) is 0 Å². The molecule has 3 nitrogen and oxygen atoms in total. The van der Waals surface area contributed by atoms with Crippen molar-refractivity contribution in [3.63, 3.8) is 0 Å². The lowest BCUT2D eigenvalue weighted by molar-refractivity contribution is 0.102. The summed E-state index contributed by atoms with van der Waals surface area (Å²) in [6, 6.07) is 23.7. The van der Waals surface area contributed by atoms with Crippen molar-refractivity contribution in [2.45, 2.75) is 13.3 Å². The zero-order valence-electron chi connectivity index (χ0n) is 14.4. The molecule has 4 aromatic rings. The van der Waals surface area contributed by atoms with Gasteiger partial charge in [-0.1, -0.05) is 31.2 Å². The van der Waals surface area contributed by atoms with Crippen LogP contribution in [0, 0.1) is 0 Å². The zero-order valence-corrected chi connectivity index (χ0v) is 15.2. The number of anilines is 1. The van der Waals surface area contributed by atoms with Crippen LogP contribution in [-0.2, 0) is 6.42 Å². The van der Waals surface area contributed by atoms with Gasteiger partial charge in [0.2, 0.25) is 0 Å². The fraction of sp³-hybridized carbons (Fsp3) is 0.0909. The molecule has 1 aromatic heterocycles. The Hall–Kier alpha value is -2.98. The standard InChI is InChI=1S/C22H18N2OS/c1-2-15-7-9-16(10-8-15)21(25)23-18-13-11-17(12-14-18)22-24-19-5-3-4-6-20(19)26-22/h3-14H,2H2,1H3,(H,23,25). The molecule has 0 aliphatic heterocycles. The summed E-state index contributed by atoms with van der Waals surface area (Å²) in [6.07, 6.45) is 0.967. The largest absolute Gasteiger partial charge is 0.322 e. The first-order valence-corrected chi connectivity index (χ1v) is 9.41. The van der Waals surface area contributed by atoms with Crippen molar-refractivity contribution in [2.75, 3.05) is 5.32 Å². The smallest absolute Gasteiger partial charge is 0.255 e. The number of rotatable bonds is 4. The molecule has 0 aliphatic carbocycles. The molecule has 4 rings (SSSR count). The van der Waals surface area contributed by atoms with E-state index in [-0.39, 0.29) is 5.91 Å². The number of hydrogen-bond donors (Lipinski definition) is 1. The number of para-hydroxylation sites is 1. The van der Waals surface area contributed by atoms with Crippen molar-refractivity contribution in [3.8, 4) is 10.6 Å². The monoisotopic (exact) mass is 358 g/mol. The van der Waals surface area contributed by atoms with Gasteiger partial charge in [0.05, 0.1) is 10.2 Å². The van der Waals surface area contributed by atoms with Gasteiger partial charge in [0.25, 0.3) is 5.91 Å². The van der Waals surface area contributed by atoms with E-state index in [2.05, 4.69) is 23.3 Å². The van der Waals surface area contributed by atoms with E-state index in [1.807, 2.05) is 66.7 Å². The molecule has 1 amide bonds. The first-order chi connectivity index (χ1) is 12.7. The Morgan fingerprint density at radius 1 is 0.962 bits per heavy atom. The highest BCUT2D eigenvalue weighted by molar-refractivity contribution is 7.21. The lowest BCUT2D eigenvalue weighted by atomic mass is 10.1. The van der Waals surface area contributed by atoms with E-state index in [0.717, 1.165) is 28.2 Å². The van der Waals surface area contributed by atoms with Gasteiger partial charge >= 0.3 is 0 Å². The van der Waals surface area contributed by atoms with Crippen LogP contribution in [0.4, 0.5) is 5.69 Å². The molecule has 0 unspecified atom stereocenters. The summed E-state index contributed by atoms with van der Waals surface area (Å²) in [7, 11) is 0. The van der Waals surface area contributed by atoms with E-state index in [9.17, 15) is 4.79 Å². The van der Waals surface area contributed by atoms with E-state index >= 15 is 0 Å². The maximum atomic E-state index is 12.4. The summed E-state index contributed by atoms with van der Waals surface area (Å²) in [6.45, 7) is 2.10. The lowest BCUT2D eigenvalue weighted by Gasteiger charge is -2.06. The number of carbonyl (C=O) groups is 1. The Balaban J connectivity index is 1.50. The predicted octanol–water partition coefficient (Wildman–Crippen LogP) is 5.78. The summed E-state index contributed by atoms with van der Waals surface area (Å²) >= 11 is 1.67. The third-order valence-corrected chi connectivity index (χ3v) is 5.39. The maximum absolute atomic E-state index is 12.4. The van der Waals surface area contributed by atoms with Crippen molar-refractivity contribution >= 4 is 33.1 Å². The van der Waals surface area contributed by atoms with Gasteiger partial charge in [-0.3, -0.25) is 4.79 Å². The molecule has 0 radical (unpaired) electrons. The minimum atomic E-state index is -0.0969. The number of carbonyl (C=O) groups excluding carboxylic acids is 1. The van der Waals surface area contributed by atoms with Gasteiger partial charge < -0.3 is 5.32 Å². The van der Waals surface area contributed by atoms with Gasteiger partial charge in [-0.15, -0.1) is 11.3 Å². The molecule has 1 N–H and O–H groups in total. The highest BCUT2D eigenvalue weighted by atomic mass is 32.1. The topological polar surface area (TPSA) is 42.0 Å². The molecule has 0 atom stereocenters. The van der Waals surface area contributed by atoms with E-state index < -0.39 is 0 Å². The molecule has 128 valence electrons. The molecular formula is C22H18N2OS. The molecule has 0 fully saturated rings. The summed E-state index contributed by atoms with van der Waals surface area (Å²) < 4.78 is 1.18. The molecule has 0 bridgehead atoms. The number of fused-ring (bicyclic) bond motifs is 1. The van der Waals surface area contributed by atoms with E-state index in [1.54, 1.807) is 11.3 Å². The molecule has 1 heterocycles. The van der Waals surface area contributed by atoms with Crippen molar-refractivity contribution in [2.24, 2.45) is 0 Å². The molecule has 26 heavy (non-hydrogen) atoms. The number of nitrogens with zero attached hydrogens (tertiary/aromatic N) is 1. The fourth-order valence-electron chi connectivity index (χ4n) is 2.79. The van der Waals surface area contributed by atoms with Crippen LogP contribution in [0.3, 0.4) is 0 Å². The van der Waals surface area contributed by atoms with Crippen LogP contribution in [0.15, 0.2) is 72.8 Å². The minimum Gasteiger partial charge on any atom is -0.322 e. The van der Waals surface area contributed by atoms with Crippen molar-refractivity contribution < 1.29 is 4.79 Å². The molecule has 0 saturated carbocycles. The number of aryl methyl sites for hydroxylation is 1. The number of hydrogen-bond acceptors (Lipinski definition) is 3. The second-order valence-corrected chi connectivity index (χ2v) is 7.10. The molecule has 0 saturated heterocycles. The second kappa shape index (κ2) is 7.10. The first-order valence-electron chi connectivity index (χ1n) is 8.59. The quantitative estimate of drug-likeness (QED) is 0.502. The number of aromatic nitrogens is 1. The maximum Gasteiger partial charge on any atom is 0.255 e. The average molecular weight is 358 g/mol. The van der Waals surface area contributed by atoms with Crippen LogP contribution >= 0.6 is 11.3 Å². The van der Waals surface area contributed by atoms with Crippen LogP contribution in [0.25, 0.3) is 20.8 Å². The second-order valence-electron chi connectivity index (χ2n) is 6.07. The van der Waals surface area contributed by atoms with Gasteiger partial charge in [-0.25, -0.2) is 4.98 Å². The average Bonchev–Trinajstić information content (AvgIpc) is 3.13. The Labute approximate surface area is 156 Å². The first kappa shape index (κ1) is 16.5. The molecule has 0 aliphatic rings. The zero-order chi connectivity index (χ0) is 17.9. The van der Waals surface area contributed by atoms with Crippen molar-refractivity contribution in [3.05, 3.63) is 83.9 Å². The molecule has 4 heteroatoms. The van der Waals surface area contributed by atoms with Crippen LogP contribution in [0.2, 0.25) is 0 Å². The van der Waals surface area contributed by atoms with Gasteiger partial charge in [0.1, 0.15) is 5.01 Å². The molecular weight excluding hydrogens is 340 g/mol. The van der Waals surface area contributed by atoms with Crippen LogP contribution < -0.4 is 5.32 Å². The van der Waals surface area contributed by atoms with Gasteiger partial charge in [-0.2, -0.15) is 0 Å². The Morgan fingerprint density at radius 3 is 2.38 bits per heavy atom. The Morgan fingerprint density at radius 2 is 1.69 bits per heavy atom. The van der Waals surface area contributed by atoms with Gasteiger partial charge in [0, 0.05) is 16.8 Å². The highest BCUT2D eigenvalue weighted by Gasteiger charge is 2.08. The predicted molar refractivity (Wildman–Crippen MR) is 109 cm³/mol. The number of thiazole rings is 1. The third-order valence-electron chi connectivity index (χ3n) is 4.31. The highest BCUT2D eigenvalue weighted by Crippen LogP contribution is 2.30. The van der Waals surface area contributed by atoms with Gasteiger partial charge in [-0.05, 0) is 60.5 Å². The normalized spacial score (nSPS) is 10.8. The summed E-state index contributed by atoms with van der Waals surface area (Å²) in [5.41, 5.74) is 4.73. The van der Waals surface area contributed by atoms with Crippen LogP contribution in [-0.4, -0.2) is 10.9 Å². The SMILES string of the molecule is CCc1ccc(C(=O)Nc2ccc(-c3nc4ccccc4s3)cc2)cc1. The number of nitrogens with one attached hydrogen (secondary N) is 1. The van der Waals surface area contributed by atoms with Crippen LogP contribution in [0.5, 0.6) is 0 Å². The fourth-order valence-corrected chi connectivity index (χ4v) is 3.76. The van der Waals surface area contributed by atoms with E-state index in [0.29, 0.717) is 5.56 Å². The van der Waals surface area contributed by atoms with Gasteiger partial charge in [0.15, 0.2) is 0 Å². The minimum absolute atomic E-state index is 0.0969. The summed E-state index contributed by atoms with van der Waals surface area (Å²) in [5.74, 6) is -0.0969. The summed E-state index contributed by atoms with van der Waals surface area (Å²) in [4.78, 5) is 17.0.